The predicted molar refractivity (Wildman–Crippen MR) is 70.2 cm³/mol. The second-order valence-electron chi connectivity index (χ2n) is 4.98. The third-order valence-corrected chi connectivity index (χ3v) is 5.05. The Morgan fingerprint density at radius 3 is 2.32 bits per heavy atom. The summed E-state index contributed by atoms with van der Waals surface area (Å²) in [5.41, 5.74) is -0.833. The van der Waals surface area contributed by atoms with Crippen LogP contribution >= 0.6 is 0 Å². The van der Waals surface area contributed by atoms with Gasteiger partial charge in [-0.2, -0.15) is 0 Å². The molecule has 0 spiro atoms. The van der Waals surface area contributed by atoms with Crippen LogP contribution in [0.2, 0.25) is 0 Å². The Bertz CT molecular complexity index is 547. The molecule has 1 aromatic rings. The third-order valence-electron chi connectivity index (χ3n) is 3.45. The number of rotatable bonds is 5. The molecule has 0 aromatic heterocycles. The molecule has 0 amide bonds. The Hall–Kier alpha value is -1.40. The largest absolute Gasteiger partial charge is 0.481 e. The van der Waals surface area contributed by atoms with Crippen LogP contribution in [0.1, 0.15) is 32.1 Å². The van der Waals surface area contributed by atoms with Gasteiger partial charge in [-0.1, -0.05) is 31.0 Å². The van der Waals surface area contributed by atoms with Crippen molar-refractivity contribution in [1.29, 1.82) is 0 Å². The minimum atomic E-state index is -3.66. The molecule has 5 nitrogen and oxygen atoms in total. The van der Waals surface area contributed by atoms with Crippen LogP contribution in [0.25, 0.3) is 0 Å². The lowest BCUT2D eigenvalue weighted by Crippen LogP contribution is -2.47. The molecule has 1 fully saturated rings. The second-order valence-corrected chi connectivity index (χ2v) is 6.66. The lowest BCUT2D eigenvalue weighted by molar-refractivity contribution is -0.138. The van der Waals surface area contributed by atoms with Gasteiger partial charge in [0.1, 0.15) is 0 Å². The van der Waals surface area contributed by atoms with Crippen molar-refractivity contribution in [3.63, 3.8) is 0 Å². The maximum atomic E-state index is 12.3. The van der Waals surface area contributed by atoms with Crippen molar-refractivity contribution in [3.8, 4) is 0 Å². The summed E-state index contributed by atoms with van der Waals surface area (Å²) in [6.45, 7) is 0. The number of sulfonamides is 1. The zero-order chi connectivity index (χ0) is 13.9. The first-order valence-electron chi connectivity index (χ1n) is 6.24. The first-order chi connectivity index (χ1) is 8.94. The summed E-state index contributed by atoms with van der Waals surface area (Å²) in [6.07, 6.45) is 2.69. The van der Waals surface area contributed by atoms with E-state index in [4.69, 9.17) is 5.11 Å². The number of hydrogen-bond donors (Lipinski definition) is 2. The average molecular weight is 283 g/mol. The molecule has 0 aliphatic heterocycles. The molecule has 6 heteroatoms. The SMILES string of the molecule is O=C(O)CC1(NS(=O)(=O)c2ccccc2)CCCC1. The van der Waals surface area contributed by atoms with E-state index < -0.39 is 21.5 Å². The van der Waals surface area contributed by atoms with Crippen LogP contribution in [-0.2, 0) is 14.8 Å². The molecule has 0 heterocycles. The Morgan fingerprint density at radius 1 is 1.21 bits per heavy atom. The molecule has 0 atom stereocenters. The molecule has 104 valence electrons. The van der Waals surface area contributed by atoms with Gasteiger partial charge in [0.05, 0.1) is 11.3 Å². The Labute approximate surface area is 112 Å². The number of carboxylic acids is 1. The second kappa shape index (κ2) is 5.30. The number of hydrogen-bond acceptors (Lipinski definition) is 3. The summed E-state index contributed by atoms with van der Waals surface area (Å²) < 4.78 is 27.1. The first kappa shape index (κ1) is 14.0. The molecule has 19 heavy (non-hydrogen) atoms. The summed E-state index contributed by atoms with van der Waals surface area (Å²) in [7, 11) is -3.66. The maximum absolute atomic E-state index is 12.3. The highest BCUT2D eigenvalue weighted by atomic mass is 32.2. The minimum absolute atomic E-state index is 0.168. The highest BCUT2D eigenvalue weighted by Gasteiger charge is 2.39. The van der Waals surface area contributed by atoms with Crippen LogP contribution in [0.4, 0.5) is 0 Å². The van der Waals surface area contributed by atoms with Crippen molar-refractivity contribution >= 4 is 16.0 Å². The summed E-state index contributed by atoms with van der Waals surface area (Å²) >= 11 is 0. The fourth-order valence-corrected chi connectivity index (χ4v) is 4.08. The Balaban J connectivity index is 2.24. The van der Waals surface area contributed by atoms with Gasteiger partial charge >= 0.3 is 5.97 Å². The number of carbonyl (C=O) groups is 1. The zero-order valence-corrected chi connectivity index (χ0v) is 11.3. The van der Waals surface area contributed by atoms with Crippen molar-refractivity contribution in [2.24, 2.45) is 0 Å². The Kier molecular flexibility index (Phi) is 3.91. The summed E-state index contributed by atoms with van der Waals surface area (Å²) in [6, 6.07) is 8.04. The van der Waals surface area contributed by atoms with E-state index in [1.807, 2.05) is 0 Å². The number of nitrogens with one attached hydrogen (secondary N) is 1. The van der Waals surface area contributed by atoms with E-state index in [-0.39, 0.29) is 11.3 Å². The van der Waals surface area contributed by atoms with Gasteiger partial charge in [0.25, 0.3) is 0 Å². The highest BCUT2D eigenvalue weighted by Crippen LogP contribution is 2.34. The molecular weight excluding hydrogens is 266 g/mol. The normalized spacial score (nSPS) is 18.3. The van der Waals surface area contributed by atoms with Crippen molar-refractivity contribution in [2.75, 3.05) is 0 Å². The van der Waals surface area contributed by atoms with E-state index in [9.17, 15) is 13.2 Å². The monoisotopic (exact) mass is 283 g/mol. The summed E-state index contributed by atoms with van der Waals surface area (Å²) in [5.74, 6) is -0.974. The quantitative estimate of drug-likeness (QED) is 0.862. The van der Waals surface area contributed by atoms with Gasteiger partial charge in [0.15, 0.2) is 0 Å². The lowest BCUT2D eigenvalue weighted by Gasteiger charge is -2.28. The van der Waals surface area contributed by atoms with E-state index in [0.717, 1.165) is 12.8 Å². The molecule has 1 saturated carbocycles. The van der Waals surface area contributed by atoms with Crippen molar-refractivity contribution in [2.45, 2.75) is 42.5 Å². The van der Waals surface area contributed by atoms with Gasteiger partial charge in [-0.05, 0) is 25.0 Å². The number of carboxylic acid groups (broad SMARTS) is 1. The smallest absolute Gasteiger partial charge is 0.305 e. The molecular formula is C13H17NO4S. The van der Waals surface area contributed by atoms with Gasteiger partial charge < -0.3 is 5.11 Å². The topological polar surface area (TPSA) is 83.5 Å². The van der Waals surface area contributed by atoms with Crippen molar-refractivity contribution in [3.05, 3.63) is 30.3 Å². The molecule has 1 aliphatic rings. The van der Waals surface area contributed by atoms with E-state index in [1.54, 1.807) is 18.2 Å². The fraction of sp³-hybridized carbons (Fsp3) is 0.462. The molecule has 0 radical (unpaired) electrons. The van der Waals surface area contributed by atoms with Gasteiger partial charge in [-0.25, -0.2) is 13.1 Å². The van der Waals surface area contributed by atoms with E-state index in [0.29, 0.717) is 12.8 Å². The number of benzene rings is 1. The molecule has 1 aliphatic carbocycles. The minimum Gasteiger partial charge on any atom is -0.481 e. The third kappa shape index (κ3) is 3.33. The molecule has 0 bridgehead atoms. The molecule has 1 aromatic carbocycles. The van der Waals surface area contributed by atoms with E-state index in [2.05, 4.69) is 4.72 Å². The lowest BCUT2D eigenvalue weighted by atomic mass is 9.95. The fourth-order valence-electron chi connectivity index (χ4n) is 2.60. The van der Waals surface area contributed by atoms with E-state index >= 15 is 0 Å². The molecule has 0 unspecified atom stereocenters. The molecule has 0 saturated heterocycles. The van der Waals surface area contributed by atoms with Crippen molar-refractivity contribution < 1.29 is 18.3 Å². The van der Waals surface area contributed by atoms with Crippen LogP contribution in [0, 0.1) is 0 Å². The number of aliphatic carboxylic acids is 1. The molecule has 2 rings (SSSR count). The van der Waals surface area contributed by atoms with Crippen LogP contribution < -0.4 is 4.72 Å². The van der Waals surface area contributed by atoms with Gasteiger partial charge in [0, 0.05) is 5.54 Å². The molecule has 2 N–H and O–H groups in total. The van der Waals surface area contributed by atoms with Crippen LogP contribution in [0.15, 0.2) is 35.2 Å². The van der Waals surface area contributed by atoms with Crippen molar-refractivity contribution in [1.82, 2.24) is 4.72 Å². The predicted octanol–water partition coefficient (Wildman–Crippen LogP) is 1.75. The maximum Gasteiger partial charge on any atom is 0.305 e. The van der Waals surface area contributed by atoms with Gasteiger partial charge in [0.2, 0.25) is 10.0 Å². The van der Waals surface area contributed by atoms with Gasteiger partial charge in [-0.15, -0.1) is 0 Å². The summed E-state index contributed by atoms with van der Waals surface area (Å²) in [4.78, 5) is 11.1. The highest BCUT2D eigenvalue weighted by molar-refractivity contribution is 7.89. The zero-order valence-electron chi connectivity index (χ0n) is 10.5. The first-order valence-corrected chi connectivity index (χ1v) is 7.73. The van der Waals surface area contributed by atoms with Crippen LogP contribution in [0.3, 0.4) is 0 Å². The van der Waals surface area contributed by atoms with Gasteiger partial charge in [-0.3, -0.25) is 4.79 Å². The Morgan fingerprint density at radius 2 is 1.79 bits per heavy atom. The van der Waals surface area contributed by atoms with E-state index in [1.165, 1.54) is 12.1 Å². The standard InChI is InChI=1S/C13H17NO4S/c15-12(16)10-13(8-4-5-9-13)14-19(17,18)11-6-2-1-3-7-11/h1-3,6-7,14H,4-5,8-10H2,(H,15,16). The van der Waals surface area contributed by atoms with Crippen LogP contribution in [-0.4, -0.2) is 25.0 Å². The average Bonchev–Trinajstić information content (AvgIpc) is 2.76. The van der Waals surface area contributed by atoms with Crippen LogP contribution in [0.5, 0.6) is 0 Å². The summed E-state index contributed by atoms with van der Waals surface area (Å²) in [5, 5.41) is 8.97.